The van der Waals surface area contributed by atoms with Crippen molar-refractivity contribution in [3.63, 3.8) is 0 Å². The van der Waals surface area contributed by atoms with Gasteiger partial charge in [0.05, 0.1) is 17.8 Å². The number of anilines is 1. The zero-order valence-electron chi connectivity index (χ0n) is 11.4. The van der Waals surface area contributed by atoms with Gasteiger partial charge in [0.1, 0.15) is 10.8 Å². The molecule has 1 heterocycles. The number of aryl methyl sites for hydroxylation is 1. The van der Waals surface area contributed by atoms with Gasteiger partial charge < -0.3 is 10.6 Å². The van der Waals surface area contributed by atoms with E-state index in [9.17, 15) is 4.39 Å². The standard InChI is InChI=1S/C15H16FN3S/c1-10-5-3-6-11(18-10)9-19(2)13-8-4-7-12(16)14(13)15(17)20/h3-8H,9H2,1-2H3,(H2,17,20). The first kappa shape index (κ1) is 14.4. The Kier molecular flexibility index (Phi) is 4.29. The maximum atomic E-state index is 13.9. The van der Waals surface area contributed by atoms with E-state index in [0.29, 0.717) is 12.2 Å². The second kappa shape index (κ2) is 5.96. The van der Waals surface area contributed by atoms with Gasteiger partial charge in [-0.25, -0.2) is 4.39 Å². The summed E-state index contributed by atoms with van der Waals surface area (Å²) in [5.41, 5.74) is 8.42. The Morgan fingerprint density at radius 3 is 2.65 bits per heavy atom. The molecule has 1 aromatic heterocycles. The maximum absolute atomic E-state index is 13.9. The van der Waals surface area contributed by atoms with E-state index in [1.807, 2.05) is 37.1 Å². The van der Waals surface area contributed by atoms with E-state index < -0.39 is 5.82 Å². The minimum Gasteiger partial charge on any atom is -0.389 e. The molecule has 104 valence electrons. The zero-order chi connectivity index (χ0) is 14.7. The number of aromatic nitrogens is 1. The largest absolute Gasteiger partial charge is 0.389 e. The van der Waals surface area contributed by atoms with Gasteiger partial charge in [0.25, 0.3) is 0 Å². The summed E-state index contributed by atoms with van der Waals surface area (Å²) in [5.74, 6) is -0.404. The van der Waals surface area contributed by atoms with Crippen LogP contribution < -0.4 is 10.6 Å². The van der Waals surface area contributed by atoms with Crippen molar-refractivity contribution in [2.45, 2.75) is 13.5 Å². The van der Waals surface area contributed by atoms with Crippen LogP contribution in [-0.4, -0.2) is 17.0 Å². The second-order valence-electron chi connectivity index (χ2n) is 4.62. The molecule has 0 unspecified atom stereocenters. The number of hydrogen-bond donors (Lipinski definition) is 1. The van der Waals surface area contributed by atoms with Gasteiger partial charge in [-0.3, -0.25) is 4.98 Å². The van der Waals surface area contributed by atoms with Crippen molar-refractivity contribution in [1.82, 2.24) is 4.98 Å². The Labute approximate surface area is 123 Å². The number of pyridine rings is 1. The highest BCUT2D eigenvalue weighted by molar-refractivity contribution is 7.80. The molecule has 0 amide bonds. The Balaban J connectivity index is 2.32. The van der Waals surface area contributed by atoms with Gasteiger partial charge >= 0.3 is 0 Å². The monoisotopic (exact) mass is 289 g/mol. The predicted octanol–water partition coefficient (Wildman–Crippen LogP) is 2.80. The molecule has 2 aromatic rings. The summed E-state index contributed by atoms with van der Waals surface area (Å²) < 4.78 is 13.9. The molecule has 0 bridgehead atoms. The summed E-state index contributed by atoms with van der Waals surface area (Å²) in [6.45, 7) is 2.49. The van der Waals surface area contributed by atoms with Crippen molar-refractivity contribution < 1.29 is 4.39 Å². The van der Waals surface area contributed by atoms with E-state index in [4.69, 9.17) is 18.0 Å². The van der Waals surface area contributed by atoms with Crippen LogP contribution in [0.15, 0.2) is 36.4 Å². The Morgan fingerprint density at radius 2 is 2.00 bits per heavy atom. The minimum atomic E-state index is -0.404. The first-order chi connectivity index (χ1) is 9.49. The first-order valence-corrected chi connectivity index (χ1v) is 6.62. The van der Waals surface area contributed by atoms with Gasteiger partial charge in [-0.15, -0.1) is 0 Å². The highest BCUT2D eigenvalue weighted by Crippen LogP contribution is 2.23. The smallest absolute Gasteiger partial charge is 0.135 e. The predicted molar refractivity (Wildman–Crippen MR) is 83.4 cm³/mol. The Bertz CT molecular complexity index is 643. The van der Waals surface area contributed by atoms with Gasteiger partial charge in [-0.05, 0) is 31.2 Å². The van der Waals surface area contributed by atoms with Crippen LogP contribution in [0.1, 0.15) is 17.0 Å². The van der Waals surface area contributed by atoms with Crippen molar-refractivity contribution in [2.75, 3.05) is 11.9 Å². The van der Waals surface area contributed by atoms with Gasteiger partial charge in [0.2, 0.25) is 0 Å². The molecule has 2 rings (SSSR count). The summed E-state index contributed by atoms with van der Waals surface area (Å²) in [7, 11) is 1.86. The SMILES string of the molecule is Cc1cccc(CN(C)c2cccc(F)c2C(N)=S)n1. The third kappa shape index (κ3) is 3.11. The van der Waals surface area contributed by atoms with Gasteiger partial charge in [0, 0.05) is 18.4 Å². The topological polar surface area (TPSA) is 42.1 Å². The lowest BCUT2D eigenvalue weighted by molar-refractivity contribution is 0.624. The van der Waals surface area contributed by atoms with Crippen molar-refractivity contribution in [3.8, 4) is 0 Å². The zero-order valence-corrected chi connectivity index (χ0v) is 12.2. The van der Waals surface area contributed by atoms with Crippen LogP contribution in [0, 0.1) is 12.7 Å². The number of nitrogens with zero attached hydrogens (tertiary/aromatic N) is 2. The molecule has 1 aromatic carbocycles. The average Bonchev–Trinajstić information content (AvgIpc) is 2.37. The number of nitrogens with two attached hydrogens (primary N) is 1. The van der Waals surface area contributed by atoms with E-state index in [1.54, 1.807) is 12.1 Å². The molecular formula is C15H16FN3S. The number of hydrogen-bond acceptors (Lipinski definition) is 3. The van der Waals surface area contributed by atoms with Crippen LogP contribution in [0.25, 0.3) is 0 Å². The van der Waals surface area contributed by atoms with Crippen molar-refractivity contribution in [2.24, 2.45) is 5.73 Å². The Hall–Kier alpha value is -2.01. The molecule has 0 saturated carbocycles. The molecular weight excluding hydrogens is 273 g/mol. The van der Waals surface area contributed by atoms with Crippen LogP contribution in [0.5, 0.6) is 0 Å². The molecule has 20 heavy (non-hydrogen) atoms. The molecule has 0 aliphatic rings. The molecule has 0 fully saturated rings. The fourth-order valence-corrected chi connectivity index (χ4v) is 2.29. The summed E-state index contributed by atoms with van der Waals surface area (Å²) >= 11 is 4.94. The molecule has 0 radical (unpaired) electrons. The number of halogens is 1. The molecule has 0 aliphatic carbocycles. The number of thiocarbonyl (C=S) groups is 1. The molecule has 0 spiro atoms. The van der Waals surface area contributed by atoms with Crippen LogP contribution in [0.3, 0.4) is 0 Å². The van der Waals surface area contributed by atoms with Gasteiger partial charge in [-0.1, -0.05) is 24.4 Å². The third-order valence-electron chi connectivity index (χ3n) is 2.99. The highest BCUT2D eigenvalue weighted by atomic mass is 32.1. The van der Waals surface area contributed by atoms with Crippen LogP contribution >= 0.6 is 12.2 Å². The highest BCUT2D eigenvalue weighted by Gasteiger charge is 2.14. The number of benzene rings is 1. The minimum absolute atomic E-state index is 0.0575. The van der Waals surface area contributed by atoms with E-state index in [-0.39, 0.29) is 10.6 Å². The van der Waals surface area contributed by atoms with Crippen LogP contribution in [-0.2, 0) is 6.54 Å². The lowest BCUT2D eigenvalue weighted by atomic mass is 10.1. The van der Waals surface area contributed by atoms with Gasteiger partial charge in [-0.2, -0.15) is 0 Å². The Morgan fingerprint density at radius 1 is 1.30 bits per heavy atom. The normalized spacial score (nSPS) is 10.3. The quantitative estimate of drug-likeness (QED) is 0.879. The molecule has 2 N–H and O–H groups in total. The summed E-state index contributed by atoms with van der Waals surface area (Å²) in [4.78, 5) is 6.38. The van der Waals surface area contributed by atoms with E-state index in [2.05, 4.69) is 4.98 Å². The fourth-order valence-electron chi connectivity index (χ4n) is 2.09. The lowest BCUT2D eigenvalue weighted by Gasteiger charge is -2.22. The van der Waals surface area contributed by atoms with E-state index in [1.165, 1.54) is 6.07 Å². The van der Waals surface area contributed by atoms with Crippen LogP contribution in [0.4, 0.5) is 10.1 Å². The molecule has 3 nitrogen and oxygen atoms in total. The summed E-state index contributed by atoms with van der Waals surface area (Å²) in [6, 6.07) is 10.6. The molecule has 0 saturated heterocycles. The number of rotatable bonds is 4. The van der Waals surface area contributed by atoms with Crippen molar-refractivity contribution >= 4 is 22.9 Å². The molecule has 0 atom stereocenters. The first-order valence-electron chi connectivity index (χ1n) is 6.21. The van der Waals surface area contributed by atoms with E-state index >= 15 is 0 Å². The summed E-state index contributed by atoms with van der Waals surface area (Å²) in [6.07, 6.45) is 0. The fraction of sp³-hybridized carbons (Fsp3) is 0.200. The van der Waals surface area contributed by atoms with Gasteiger partial charge in [0.15, 0.2) is 0 Å². The third-order valence-corrected chi connectivity index (χ3v) is 3.20. The summed E-state index contributed by atoms with van der Waals surface area (Å²) in [5, 5.41) is 0. The molecule has 5 heteroatoms. The molecule has 0 aliphatic heterocycles. The van der Waals surface area contributed by atoms with Crippen molar-refractivity contribution in [3.05, 3.63) is 59.2 Å². The van der Waals surface area contributed by atoms with Crippen LogP contribution in [0.2, 0.25) is 0 Å². The lowest BCUT2D eigenvalue weighted by Crippen LogP contribution is -2.23. The van der Waals surface area contributed by atoms with E-state index in [0.717, 1.165) is 11.4 Å². The maximum Gasteiger partial charge on any atom is 0.135 e. The average molecular weight is 289 g/mol. The second-order valence-corrected chi connectivity index (χ2v) is 5.06. The van der Waals surface area contributed by atoms with Crippen molar-refractivity contribution in [1.29, 1.82) is 0 Å².